The lowest BCUT2D eigenvalue weighted by atomic mass is 9.99. The van der Waals surface area contributed by atoms with E-state index in [0.29, 0.717) is 37.3 Å². The Balaban J connectivity index is 0.00000267. The molecule has 13 heteroatoms. The second-order valence-corrected chi connectivity index (χ2v) is 8.87. The van der Waals surface area contributed by atoms with Crippen LogP contribution in [0.1, 0.15) is 32.6 Å². The Labute approximate surface area is 232 Å². The zero-order valence-corrected chi connectivity index (χ0v) is 21.8. The topological polar surface area (TPSA) is 36.4 Å². The van der Waals surface area contributed by atoms with Crippen LogP contribution in [0.4, 0.5) is 30.7 Å². The smallest absolute Gasteiger partial charge is 0.333 e. The van der Waals surface area contributed by atoms with Crippen molar-refractivity contribution in [2.45, 2.75) is 31.4 Å². The Morgan fingerprint density at radius 1 is 0.872 bits per heavy atom. The van der Waals surface area contributed by atoms with Crippen LogP contribution in [0.5, 0.6) is 0 Å². The van der Waals surface area contributed by atoms with E-state index in [-0.39, 0.29) is 43.8 Å². The van der Waals surface area contributed by atoms with Crippen LogP contribution in [0.2, 0.25) is 0 Å². The maximum absolute atomic E-state index is 13.4. The highest BCUT2D eigenvalue weighted by Crippen LogP contribution is 2.37. The number of carbonyl (C=O) groups is 1. The van der Waals surface area contributed by atoms with Crippen LogP contribution in [-0.2, 0) is 25.3 Å². The summed E-state index contributed by atoms with van der Waals surface area (Å²) >= 11 is 0. The van der Waals surface area contributed by atoms with Crippen molar-refractivity contribution in [3.05, 3.63) is 101 Å². The maximum atomic E-state index is 13.4. The molecule has 1 atom stereocenters. The average Bonchev–Trinajstić information content (AvgIpc) is 2.84. The lowest BCUT2D eigenvalue weighted by Gasteiger charge is -2.42. The predicted octanol–water partition coefficient (Wildman–Crippen LogP) is 6.67. The van der Waals surface area contributed by atoms with Crippen molar-refractivity contribution in [2.75, 3.05) is 19.6 Å². The largest absolute Gasteiger partial charge is 0.416 e. The predicted molar refractivity (Wildman–Crippen MR) is 135 cm³/mol. The Kier molecular flexibility index (Phi) is 10.8. The Bertz CT molecular complexity index is 1210. The van der Waals surface area contributed by atoms with Crippen molar-refractivity contribution < 1.29 is 35.5 Å². The Morgan fingerprint density at radius 2 is 1.49 bits per heavy atom. The number of rotatable bonds is 5. The molecule has 1 aliphatic rings. The van der Waals surface area contributed by atoms with Gasteiger partial charge in [-0.15, -0.1) is 24.8 Å². The van der Waals surface area contributed by atoms with E-state index in [0.717, 1.165) is 5.56 Å². The van der Waals surface area contributed by atoms with E-state index < -0.39 is 46.8 Å². The molecule has 39 heavy (non-hydrogen) atoms. The van der Waals surface area contributed by atoms with Crippen LogP contribution in [0.3, 0.4) is 0 Å². The second kappa shape index (κ2) is 13.0. The van der Waals surface area contributed by atoms with Crippen LogP contribution in [-0.4, -0.2) is 46.4 Å². The average molecular weight is 598 g/mol. The summed E-state index contributed by atoms with van der Waals surface area (Å²) < 4.78 is 93.6. The van der Waals surface area contributed by atoms with E-state index in [4.69, 9.17) is 0 Å². The minimum Gasteiger partial charge on any atom is -0.333 e. The van der Waals surface area contributed by atoms with E-state index in [2.05, 4.69) is 4.98 Å². The molecule has 0 aliphatic carbocycles. The van der Waals surface area contributed by atoms with Gasteiger partial charge in [0.25, 0.3) is 5.91 Å². The van der Waals surface area contributed by atoms with E-state index in [1.54, 1.807) is 18.5 Å². The molecule has 0 saturated carbocycles. The summed E-state index contributed by atoms with van der Waals surface area (Å²) in [6, 6.07) is 9.54. The van der Waals surface area contributed by atoms with Gasteiger partial charge in [0.05, 0.1) is 11.1 Å². The number of amides is 1. The number of pyridine rings is 1. The molecule has 0 unspecified atom stereocenters. The van der Waals surface area contributed by atoms with E-state index >= 15 is 0 Å². The third kappa shape index (κ3) is 8.30. The first-order chi connectivity index (χ1) is 17.4. The molecule has 2 aromatic carbocycles. The molecule has 0 radical (unpaired) electrons. The molecule has 4 nitrogen and oxygen atoms in total. The number of alkyl halides is 6. The van der Waals surface area contributed by atoms with E-state index in [1.165, 1.54) is 29.2 Å². The van der Waals surface area contributed by atoms with Crippen LogP contribution >= 0.6 is 24.8 Å². The first-order valence-corrected chi connectivity index (χ1v) is 11.4. The van der Waals surface area contributed by atoms with Gasteiger partial charge in [0.1, 0.15) is 5.82 Å². The molecule has 1 aliphatic heterocycles. The molecule has 0 bridgehead atoms. The lowest BCUT2D eigenvalue weighted by Crippen LogP contribution is -2.55. The minimum atomic E-state index is -5.06. The van der Waals surface area contributed by atoms with Crippen molar-refractivity contribution in [1.29, 1.82) is 0 Å². The lowest BCUT2D eigenvalue weighted by molar-refractivity contribution is -0.143. The number of hydrogen-bond donors (Lipinski definition) is 0. The fraction of sp³-hybridized carbons (Fsp3) is 0.308. The first-order valence-electron chi connectivity index (χ1n) is 11.4. The molecule has 0 N–H and O–H groups in total. The summed E-state index contributed by atoms with van der Waals surface area (Å²) in [5.41, 5.74) is -2.19. The number of hydrogen-bond acceptors (Lipinski definition) is 3. The van der Waals surface area contributed by atoms with E-state index in [9.17, 15) is 35.5 Å². The molecule has 1 amide bonds. The van der Waals surface area contributed by atoms with Gasteiger partial charge in [0.2, 0.25) is 0 Å². The second-order valence-electron chi connectivity index (χ2n) is 8.87. The normalized spacial score (nSPS) is 16.3. The fourth-order valence-corrected chi connectivity index (χ4v) is 4.39. The zero-order chi connectivity index (χ0) is 26.8. The SMILES string of the molecule is Cl.Cl.O=C(c1cc(C(F)(F)F)cc(C(F)(F)F)c1)N1CCN(Cc2cccnc2)C[C@H]1Cc1ccc(F)cc1. The molecule has 1 aromatic heterocycles. The number of halogens is 9. The standard InChI is InChI=1S/C26H22F7N3O.2ClH/c27-22-5-3-17(4-6-22)10-23-16-35(15-18-2-1-7-34-14-18)8-9-36(23)24(37)19-11-20(25(28,29)30)13-21(12-19)26(31,32)33;;/h1-7,11-14,23H,8-10,15-16H2;2*1H/t23-;;/m1../s1. The van der Waals surface area contributed by atoms with Gasteiger partial charge in [-0.3, -0.25) is 14.7 Å². The van der Waals surface area contributed by atoms with Gasteiger partial charge in [0.15, 0.2) is 0 Å². The molecule has 212 valence electrons. The molecule has 1 saturated heterocycles. The van der Waals surface area contributed by atoms with Crippen molar-refractivity contribution in [1.82, 2.24) is 14.8 Å². The van der Waals surface area contributed by atoms with Crippen molar-refractivity contribution in [3.63, 3.8) is 0 Å². The van der Waals surface area contributed by atoms with Gasteiger partial charge < -0.3 is 4.90 Å². The summed E-state index contributed by atoms with van der Waals surface area (Å²) in [5.74, 6) is -1.38. The highest BCUT2D eigenvalue weighted by molar-refractivity contribution is 5.95. The van der Waals surface area contributed by atoms with Gasteiger partial charge in [-0.05, 0) is 53.9 Å². The number of aromatic nitrogens is 1. The number of nitrogens with zero attached hydrogens (tertiary/aromatic N) is 3. The molecule has 4 rings (SSSR count). The first kappa shape index (κ1) is 32.3. The van der Waals surface area contributed by atoms with E-state index in [1.807, 2.05) is 11.0 Å². The van der Waals surface area contributed by atoms with Crippen molar-refractivity contribution >= 4 is 30.7 Å². The highest BCUT2D eigenvalue weighted by Gasteiger charge is 2.39. The molecule has 2 heterocycles. The summed E-state index contributed by atoms with van der Waals surface area (Å²) in [6.07, 6.45) is -6.57. The monoisotopic (exact) mass is 597 g/mol. The molecule has 1 fully saturated rings. The summed E-state index contributed by atoms with van der Waals surface area (Å²) in [6.45, 7) is 1.24. The highest BCUT2D eigenvalue weighted by atomic mass is 35.5. The van der Waals surface area contributed by atoms with Gasteiger partial charge in [-0.2, -0.15) is 26.3 Å². The molecular weight excluding hydrogens is 574 g/mol. The Hall–Kier alpha value is -2.89. The van der Waals surface area contributed by atoms with Crippen LogP contribution < -0.4 is 0 Å². The van der Waals surface area contributed by atoms with Crippen LogP contribution in [0.25, 0.3) is 0 Å². The van der Waals surface area contributed by atoms with Gasteiger partial charge in [0, 0.05) is 50.2 Å². The molecule has 3 aromatic rings. The summed E-state index contributed by atoms with van der Waals surface area (Å²) in [5, 5.41) is 0. The van der Waals surface area contributed by atoms with Gasteiger partial charge >= 0.3 is 12.4 Å². The fourth-order valence-electron chi connectivity index (χ4n) is 4.39. The molecular formula is C26H24Cl2F7N3O. The van der Waals surface area contributed by atoms with Crippen LogP contribution in [0.15, 0.2) is 67.0 Å². The van der Waals surface area contributed by atoms with Gasteiger partial charge in [-0.1, -0.05) is 18.2 Å². The number of piperazine rings is 1. The maximum Gasteiger partial charge on any atom is 0.416 e. The van der Waals surface area contributed by atoms with Crippen molar-refractivity contribution in [3.8, 4) is 0 Å². The third-order valence-corrected chi connectivity index (χ3v) is 6.18. The summed E-state index contributed by atoms with van der Waals surface area (Å²) in [4.78, 5) is 20.8. The molecule has 0 spiro atoms. The quantitative estimate of drug-likeness (QED) is 0.308. The Morgan fingerprint density at radius 3 is 2.03 bits per heavy atom. The number of benzene rings is 2. The van der Waals surface area contributed by atoms with Gasteiger partial charge in [-0.25, -0.2) is 4.39 Å². The zero-order valence-electron chi connectivity index (χ0n) is 20.2. The summed E-state index contributed by atoms with van der Waals surface area (Å²) in [7, 11) is 0. The minimum absolute atomic E-state index is 0. The van der Waals surface area contributed by atoms with Crippen molar-refractivity contribution in [2.24, 2.45) is 0 Å². The third-order valence-electron chi connectivity index (χ3n) is 6.18. The number of carbonyl (C=O) groups excluding carboxylic acids is 1. The van der Waals surface area contributed by atoms with Crippen LogP contribution in [0, 0.1) is 5.82 Å².